The SMILES string of the molecule is CCCCCCCCCCCCCCCCCC[Si](Cc1ccccc1)(Cc1ccccc1)Cc1ccccc1. The molecule has 0 saturated carbocycles. The lowest BCUT2D eigenvalue weighted by Gasteiger charge is -2.33. The Labute approximate surface area is 249 Å². The first-order valence-electron chi connectivity index (χ1n) is 16.9. The summed E-state index contributed by atoms with van der Waals surface area (Å²) in [5.74, 6) is 0. The summed E-state index contributed by atoms with van der Waals surface area (Å²) in [6.45, 7) is 2.31. The van der Waals surface area contributed by atoms with Gasteiger partial charge in [-0.25, -0.2) is 0 Å². The van der Waals surface area contributed by atoms with Crippen LogP contribution in [0.3, 0.4) is 0 Å². The van der Waals surface area contributed by atoms with Crippen LogP contribution in [0.2, 0.25) is 6.04 Å². The molecule has 0 amide bonds. The van der Waals surface area contributed by atoms with Crippen LogP contribution in [-0.4, -0.2) is 8.07 Å². The van der Waals surface area contributed by atoms with E-state index in [9.17, 15) is 0 Å². The second-order valence-electron chi connectivity index (χ2n) is 12.5. The van der Waals surface area contributed by atoms with E-state index >= 15 is 0 Å². The zero-order valence-electron chi connectivity index (χ0n) is 25.8. The second kappa shape index (κ2) is 20.7. The third-order valence-corrected chi connectivity index (χ3v) is 13.7. The van der Waals surface area contributed by atoms with Gasteiger partial charge in [-0.3, -0.25) is 0 Å². The molecule has 0 bridgehead atoms. The van der Waals surface area contributed by atoms with Gasteiger partial charge in [0.2, 0.25) is 0 Å². The Hall–Kier alpha value is -2.12. The normalized spacial score (nSPS) is 11.6. The molecule has 0 N–H and O–H groups in total. The first-order chi connectivity index (χ1) is 19.8. The predicted octanol–water partition coefficient (Wildman–Crippen LogP) is 12.0. The summed E-state index contributed by atoms with van der Waals surface area (Å²) in [5.41, 5.74) is 4.62. The highest BCUT2D eigenvalue weighted by Crippen LogP contribution is 2.29. The van der Waals surface area contributed by atoms with Crippen molar-refractivity contribution in [3.05, 3.63) is 108 Å². The molecule has 3 aromatic rings. The van der Waals surface area contributed by atoms with Gasteiger partial charge >= 0.3 is 0 Å². The van der Waals surface area contributed by atoms with Gasteiger partial charge in [0.1, 0.15) is 0 Å². The largest absolute Gasteiger partial charge is 0.0666 e. The molecule has 0 nitrogen and oxygen atoms in total. The maximum absolute atomic E-state index is 2.37. The van der Waals surface area contributed by atoms with Crippen LogP contribution in [0, 0.1) is 0 Å². The quantitative estimate of drug-likeness (QED) is 0.0807. The lowest BCUT2D eigenvalue weighted by atomic mass is 10.0. The lowest BCUT2D eigenvalue weighted by Crippen LogP contribution is -2.43. The predicted molar refractivity (Wildman–Crippen MR) is 181 cm³/mol. The van der Waals surface area contributed by atoms with E-state index in [2.05, 4.69) is 97.9 Å². The summed E-state index contributed by atoms with van der Waals surface area (Å²) in [6.07, 6.45) is 23.0. The Morgan fingerprint density at radius 3 is 0.925 bits per heavy atom. The fourth-order valence-corrected chi connectivity index (χ4v) is 11.8. The zero-order valence-corrected chi connectivity index (χ0v) is 26.8. The molecule has 1 heteroatoms. The first-order valence-corrected chi connectivity index (χ1v) is 19.7. The van der Waals surface area contributed by atoms with Gasteiger partial charge in [-0.15, -0.1) is 0 Å². The molecule has 0 unspecified atom stereocenters. The highest BCUT2D eigenvalue weighted by Gasteiger charge is 2.33. The summed E-state index contributed by atoms with van der Waals surface area (Å²) in [5, 5.41) is 0. The molecular formula is C39H58Si. The lowest BCUT2D eigenvalue weighted by molar-refractivity contribution is 0.531. The van der Waals surface area contributed by atoms with Gasteiger partial charge in [0.05, 0.1) is 8.07 Å². The van der Waals surface area contributed by atoms with Crippen molar-refractivity contribution in [1.82, 2.24) is 0 Å². The second-order valence-corrected chi connectivity index (χ2v) is 17.1. The molecular weight excluding hydrogens is 497 g/mol. The van der Waals surface area contributed by atoms with Gasteiger partial charge < -0.3 is 0 Å². The molecule has 0 radical (unpaired) electrons. The van der Waals surface area contributed by atoms with Gasteiger partial charge in [0.15, 0.2) is 0 Å². The molecule has 0 aliphatic rings. The molecule has 0 saturated heterocycles. The maximum atomic E-state index is 2.37. The van der Waals surface area contributed by atoms with Crippen LogP contribution in [0.15, 0.2) is 91.0 Å². The minimum atomic E-state index is -1.63. The zero-order chi connectivity index (χ0) is 28.0. The molecule has 0 aliphatic carbocycles. The summed E-state index contributed by atoms with van der Waals surface area (Å²) >= 11 is 0. The Balaban J connectivity index is 1.42. The summed E-state index contributed by atoms with van der Waals surface area (Å²) in [4.78, 5) is 0. The van der Waals surface area contributed by atoms with E-state index in [0.717, 1.165) is 0 Å². The molecule has 218 valence electrons. The van der Waals surface area contributed by atoms with Crippen molar-refractivity contribution in [3.8, 4) is 0 Å². The van der Waals surface area contributed by atoms with Crippen LogP contribution in [0.25, 0.3) is 0 Å². The molecule has 0 atom stereocenters. The fourth-order valence-electron chi connectivity index (χ4n) is 6.59. The van der Waals surface area contributed by atoms with Crippen molar-refractivity contribution >= 4 is 8.07 Å². The van der Waals surface area contributed by atoms with Crippen molar-refractivity contribution in [1.29, 1.82) is 0 Å². The molecule has 0 heterocycles. The van der Waals surface area contributed by atoms with Gasteiger partial charge in [-0.1, -0.05) is 223 Å². The van der Waals surface area contributed by atoms with Crippen molar-refractivity contribution in [2.24, 2.45) is 0 Å². The Bertz CT molecular complexity index is 864. The Morgan fingerprint density at radius 2 is 0.625 bits per heavy atom. The Kier molecular flexibility index (Phi) is 16.8. The van der Waals surface area contributed by atoms with E-state index in [0.29, 0.717) is 0 Å². The summed E-state index contributed by atoms with van der Waals surface area (Å²) in [6, 6.07) is 39.4. The van der Waals surface area contributed by atoms with E-state index in [1.54, 1.807) is 0 Å². The standard InChI is InChI=1S/C39H58Si/c1-2-3-4-5-6-7-8-9-10-11-12-13-14-15-16-26-33-40(34-37-27-20-17-21-28-37,35-38-29-22-18-23-30-38)36-39-31-24-19-25-32-39/h17-25,27-32H,2-16,26,33-36H2,1H3. The van der Waals surface area contributed by atoms with Gasteiger partial charge in [0, 0.05) is 0 Å². The average molecular weight is 555 g/mol. The fraction of sp³-hybridized carbons (Fsp3) is 0.538. The van der Waals surface area contributed by atoms with E-state index in [1.165, 1.54) is 144 Å². The van der Waals surface area contributed by atoms with E-state index < -0.39 is 8.07 Å². The number of benzene rings is 3. The Morgan fingerprint density at radius 1 is 0.350 bits per heavy atom. The third-order valence-electron chi connectivity index (χ3n) is 8.83. The highest BCUT2D eigenvalue weighted by atomic mass is 28.3. The van der Waals surface area contributed by atoms with Crippen LogP contribution in [0.5, 0.6) is 0 Å². The molecule has 40 heavy (non-hydrogen) atoms. The highest BCUT2D eigenvalue weighted by molar-refractivity contribution is 6.78. The molecule has 3 aromatic carbocycles. The minimum Gasteiger partial charge on any atom is -0.0654 e. The van der Waals surface area contributed by atoms with Crippen LogP contribution in [-0.2, 0) is 18.1 Å². The van der Waals surface area contributed by atoms with Crippen molar-refractivity contribution < 1.29 is 0 Å². The maximum Gasteiger partial charge on any atom is 0.0666 e. The third kappa shape index (κ3) is 14.0. The molecule has 0 aromatic heterocycles. The van der Waals surface area contributed by atoms with E-state index in [1.807, 2.05) is 0 Å². The average Bonchev–Trinajstić information content (AvgIpc) is 2.98. The molecule has 3 rings (SSSR count). The number of unbranched alkanes of at least 4 members (excludes halogenated alkanes) is 15. The minimum absolute atomic E-state index is 1.29. The van der Waals surface area contributed by atoms with Crippen LogP contribution in [0.1, 0.15) is 126 Å². The van der Waals surface area contributed by atoms with Crippen molar-refractivity contribution in [3.63, 3.8) is 0 Å². The first kappa shape index (κ1) is 32.4. The van der Waals surface area contributed by atoms with Crippen molar-refractivity contribution in [2.45, 2.75) is 134 Å². The van der Waals surface area contributed by atoms with Crippen LogP contribution in [0.4, 0.5) is 0 Å². The smallest absolute Gasteiger partial charge is 0.0654 e. The number of hydrogen-bond donors (Lipinski definition) is 0. The van der Waals surface area contributed by atoms with Crippen LogP contribution >= 0.6 is 0 Å². The van der Waals surface area contributed by atoms with Crippen molar-refractivity contribution in [2.75, 3.05) is 0 Å². The van der Waals surface area contributed by atoms with Gasteiger partial charge in [-0.05, 0) is 18.1 Å². The van der Waals surface area contributed by atoms with E-state index in [4.69, 9.17) is 0 Å². The monoisotopic (exact) mass is 554 g/mol. The molecule has 0 spiro atoms. The number of rotatable bonds is 23. The number of hydrogen-bond acceptors (Lipinski definition) is 0. The van der Waals surface area contributed by atoms with Gasteiger partial charge in [0.25, 0.3) is 0 Å². The molecule has 0 fully saturated rings. The summed E-state index contributed by atoms with van der Waals surface area (Å²) < 4.78 is 0. The van der Waals surface area contributed by atoms with Gasteiger partial charge in [-0.2, -0.15) is 0 Å². The van der Waals surface area contributed by atoms with E-state index in [-0.39, 0.29) is 0 Å². The topological polar surface area (TPSA) is 0 Å². The molecule has 0 aliphatic heterocycles. The van der Waals surface area contributed by atoms with Crippen LogP contribution < -0.4 is 0 Å². The summed E-state index contributed by atoms with van der Waals surface area (Å²) in [7, 11) is -1.63.